The first-order chi connectivity index (χ1) is 6.75. The molecule has 2 rings (SSSR count). The third-order valence-electron chi connectivity index (χ3n) is 2.68. The molecule has 1 aromatic rings. The number of likely N-dealkylation sites (N-methyl/N-ethyl adjacent to an activating group) is 1. The van der Waals surface area contributed by atoms with Gasteiger partial charge in [0.1, 0.15) is 4.60 Å². The molecule has 3 nitrogen and oxygen atoms in total. The van der Waals surface area contributed by atoms with E-state index in [1.165, 1.54) is 19.4 Å². The summed E-state index contributed by atoms with van der Waals surface area (Å²) in [5, 5.41) is 0. The van der Waals surface area contributed by atoms with E-state index in [0.717, 1.165) is 16.8 Å². The molecule has 1 aliphatic heterocycles. The van der Waals surface area contributed by atoms with Crippen LogP contribution in [0.1, 0.15) is 24.5 Å². The highest BCUT2D eigenvalue weighted by Gasteiger charge is 2.19. The Morgan fingerprint density at radius 1 is 1.40 bits per heavy atom. The van der Waals surface area contributed by atoms with Crippen molar-refractivity contribution in [3.05, 3.63) is 22.7 Å². The van der Waals surface area contributed by atoms with Gasteiger partial charge in [0.2, 0.25) is 0 Å². The smallest absolute Gasteiger partial charge is 0.124 e. The van der Waals surface area contributed by atoms with Gasteiger partial charge in [0, 0.05) is 12.5 Å². The van der Waals surface area contributed by atoms with Crippen molar-refractivity contribution in [1.29, 1.82) is 0 Å². The van der Waals surface area contributed by atoms with Crippen molar-refractivity contribution in [2.45, 2.75) is 18.8 Å². The average Bonchev–Trinajstić information content (AvgIpc) is 2.19. The number of piperidine rings is 1. The predicted octanol–water partition coefficient (Wildman–Crippen LogP) is 2.63. The molecular formula is C10H15Br2N3. The van der Waals surface area contributed by atoms with Crippen molar-refractivity contribution in [3.8, 4) is 0 Å². The molecule has 0 amide bonds. The monoisotopic (exact) mass is 335 g/mol. The van der Waals surface area contributed by atoms with Crippen LogP contribution < -0.4 is 0 Å². The Bertz CT molecular complexity index is 302. The Labute approximate surface area is 109 Å². The van der Waals surface area contributed by atoms with E-state index in [1.54, 1.807) is 6.20 Å². The quantitative estimate of drug-likeness (QED) is 0.789. The fourth-order valence-electron chi connectivity index (χ4n) is 1.94. The number of nitrogens with zero attached hydrogens (tertiary/aromatic N) is 3. The van der Waals surface area contributed by atoms with Gasteiger partial charge in [0.05, 0.1) is 18.1 Å². The Kier molecular flexibility index (Phi) is 5.15. The molecule has 0 N–H and O–H groups in total. The zero-order chi connectivity index (χ0) is 9.97. The fourth-order valence-corrected chi connectivity index (χ4v) is 2.15. The van der Waals surface area contributed by atoms with Crippen LogP contribution in [0.2, 0.25) is 0 Å². The molecule has 1 fully saturated rings. The molecule has 84 valence electrons. The number of rotatable bonds is 1. The lowest BCUT2D eigenvalue weighted by atomic mass is 9.95. The Balaban J connectivity index is 0.00000112. The second kappa shape index (κ2) is 5.92. The molecule has 1 saturated heterocycles. The maximum atomic E-state index is 4.40. The fraction of sp³-hybridized carbons (Fsp3) is 0.600. The molecule has 0 saturated carbocycles. The molecule has 15 heavy (non-hydrogen) atoms. The lowest BCUT2D eigenvalue weighted by molar-refractivity contribution is 0.248. The van der Waals surface area contributed by atoms with Crippen LogP contribution in [0, 0.1) is 0 Å². The Morgan fingerprint density at radius 3 is 2.80 bits per heavy atom. The molecule has 5 heteroatoms. The largest absolute Gasteiger partial charge is 0.306 e. The standard InChI is InChI=1S/C10H14BrN3.BrH/c1-14-4-2-3-8(7-14)9-5-13-10(11)6-12-9;/h5-6,8H,2-4,7H2,1H3;1H. The van der Waals surface area contributed by atoms with Crippen LogP contribution in [0.25, 0.3) is 0 Å². The van der Waals surface area contributed by atoms with Gasteiger partial charge >= 0.3 is 0 Å². The third kappa shape index (κ3) is 3.50. The second-order valence-electron chi connectivity index (χ2n) is 3.87. The van der Waals surface area contributed by atoms with Crippen molar-refractivity contribution >= 4 is 32.9 Å². The number of halogens is 2. The van der Waals surface area contributed by atoms with Gasteiger partial charge in [-0.3, -0.25) is 4.98 Å². The van der Waals surface area contributed by atoms with Crippen molar-refractivity contribution in [1.82, 2.24) is 14.9 Å². The van der Waals surface area contributed by atoms with Crippen LogP contribution in [0.5, 0.6) is 0 Å². The van der Waals surface area contributed by atoms with Gasteiger partial charge in [-0.2, -0.15) is 0 Å². The van der Waals surface area contributed by atoms with Gasteiger partial charge in [-0.15, -0.1) is 17.0 Å². The van der Waals surface area contributed by atoms with E-state index in [9.17, 15) is 0 Å². The summed E-state index contributed by atoms with van der Waals surface area (Å²) in [5.41, 5.74) is 1.12. The van der Waals surface area contributed by atoms with Crippen LogP contribution in [-0.2, 0) is 0 Å². The molecular weight excluding hydrogens is 322 g/mol. The van der Waals surface area contributed by atoms with E-state index in [4.69, 9.17) is 0 Å². The van der Waals surface area contributed by atoms with Gasteiger partial charge in [0.15, 0.2) is 0 Å². The highest BCUT2D eigenvalue weighted by Crippen LogP contribution is 2.24. The minimum atomic E-state index is 0. The zero-order valence-electron chi connectivity index (χ0n) is 8.69. The van der Waals surface area contributed by atoms with E-state index in [0.29, 0.717) is 5.92 Å². The molecule has 0 aromatic carbocycles. The normalized spacial score (nSPS) is 22.1. The lowest BCUT2D eigenvalue weighted by Crippen LogP contribution is -2.31. The van der Waals surface area contributed by atoms with Crippen molar-refractivity contribution in [2.75, 3.05) is 20.1 Å². The Morgan fingerprint density at radius 2 is 2.20 bits per heavy atom. The number of hydrogen-bond acceptors (Lipinski definition) is 3. The maximum Gasteiger partial charge on any atom is 0.124 e. The summed E-state index contributed by atoms with van der Waals surface area (Å²) >= 11 is 3.30. The van der Waals surface area contributed by atoms with E-state index >= 15 is 0 Å². The molecule has 2 heterocycles. The van der Waals surface area contributed by atoms with Gasteiger partial charge in [-0.1, -0.05) is 0 Å². The van der Waals surface area contributed by atoms with Gasteiger partial charge in [-0.25, -0.2) is 4.98 Å². The van der Waals surface area contributed by atoms with Gasteiger partial charge < -0.3 is 4.90 Å². The highest BCUT2D eigenvalue weighted by atomic mass is 79.9. The first-order valence-corrected chi connectivity index (χ1v) is 5.71. The summed E-state index contributed by atoms with van der Waals surface area (Å²) in [4.78, 5) is 11.0. The Hall–Kier alpha value is -0.0000000000000000555. The van der Waals surface area contributed by atoms with E-state index < -0.39 is 0 Å². The van der Waals surface area contributed by atoms with Crippen molar-refractivity contribution < 1.29 is 0 Å². The van der Waals surface area contributed by atoms with E-state index in [1.807, 2.05) is 6.20 Å². The molecule has 0 radical (unpaired) electrons. The summed E-state index contributed by atoms with van der Waals surface area (Å²) in [5.74, 6) is 0.564. The summed E-state index contributed by atoms with van der Waals surface area (Å²) in [6.07, 6.45) is 6.16. The molecule has 1 aromatic heterocycles. The third-order valence-corrected chi connectivity index (χ3v) is 3.09. The van der Waals surface area contributed by atoms with Crippen LogP contribution in [0.4, 0.5) is 0 Å². The first kappa shape index (κ1) is 13.1. The molecule has 0 spiro atoms. The lowest BCUT2D eigenvalue weighted by Gasteiger charge is -2.28. The van der Waals surface area contributed by atoms with Crippen LogP contribution in [0.15, 0.2) is 17.0 Å². The number of hydrogen-bond donors (Lipinski definition) is 0. The van der Waals surface area contributed by atoms with Crippen LogP contribution in [-0.4, -0.2) is 35.0 Å². The highest BCUT2D eigenvalue weighted by molar-refractivity contribution is 9.10. The van der Waals surface area contributed by atoms with E-state index in [-0.39, 0.29) is 17.0 Å². The van der Waals surface area contributed by atoms with Gasteiger partial charge in [0.25, 0.3) is 0 Å². The summed E-state index contributed by atoms with van der Waals surface area (Å²) < 4.78 is 0.811. The SMILES string of the molecule is Br.CN1CCCC(c2cnc(Br)cn2)C1. The van der Waals surface area contributed by atoms with Crippen molar-refractivity contribution in [2.24, 2.45) is 0 Å². The molecule has 0 aliphatic carbocycles. The maximum absolute atomic E-state index is 4.40. The predicted molar refractivity (Wildman–Crippen MR) is 69.5 cm³/mol. The summed E-state index contributed by atoms with van der Waals surface area (Å²) in [6, 6.07) is 0. The number of aromatic nitrogens is 2. The first-order valence-electron chi connectivity index (χ1n) is 4.91. The van der Waals surface area contributed by atoms with Crippen molar-refractivity contribution in [3.63, 3.8) is 0 Å². The van der Waals surface area contributed by atoms with Crippen LogP contribution >= 0.6 is 32.9 Å². The molecule has 1 atom stereocenters. The van der Waals surface area contributed by atoms with E-state index in [2.05, 4.69) is 37.8 Å². The average molecular weight is 337 g/mol. The van der Waals surface area contributed by atoms with Gasteiger partial charge in [-0.05, 0) is 42.4 Å². The number of likely N-dealkylation sites (tertiary alicyclic amines) is 1. The summed E-state index contributed by atoms with van der Waals surface area (Å²) in [7, 11) is 2.17. The van der Waals surface area contributed by atoms with Crippen LogP contribution in [0.3, 0.4) is 0 Å². The molecule has 1 aliphatic rings. The molecule has 0 bridgehead atoms. The molecule has 1 unspecified atom stereocenters. The minimum Gasteiger partial charge on any atom is -0.306 e. The summed E-state index contributed by atoms with van der Waals surface area (Å²) in [6.45, 7) is 2.32. The zero-order valence-corrected chi connectivity index (χ0v) is 12.0. The second-order valence-corrected chi connectivity index (χ2v) is 4.68. The minimum absolute atomic E-state index is 0. The topological polar surface area (TPSA) is 29.0 Å².